The molecule has 0 radical (unpaired) electrons. The van der Waals surface area contributed by atoms with Crippen LogP contribution in [0.5, 0.6) is 0 Å². The predicted octanol–water partition coefficient (Wildman–Crippen LogP) is 5.46. The third-order valence-electron chi connectivity index (χ3n) is 2.81. The van der Waals surface area contributed by atoms with Gasteiger partial charge in [0.15, 0.2) is 5.78 Å². The minimum absolute atomic E-state index is 0.0116. The number of ketones is 1. The molecule has 0 saturated carbocycles. The van der Waals surface area contributed by atoms with Gasteiger partial charge >= 0.3 is 0 Å². The van der Waals surface area contributed by atoms with Crippen molar-refractivity contribution in [2.75, 3.05) is 0 Å². The second-order valence-electron chi connectivity index (χ2n) is 4.15. The number of halogens is 3. The molecule has 2 rings (SSSR count). The van der Waals surface area contributed by atoms with E-state index in [0.717, 1.165) is 5.56 Å². The fraction of sp³-hybridized carbons (Fsp3) is 0.133. The van der Waals surface area contributed by atoms with Crippen molar-refractivity contribution in [2.45, 2.75) is 12.8 Å². The summed E-state index contributed by atoms with van der Waals surface area (Å²) in [7, 11) is 0. The maximum Gasteiger partial charge on any atom is 0.164 e. The topological polar surface area (TPSA) is 17.1 Å². The number of benzene rings is 2. The summed E-state index contributed by atoms with van der Waals surface area (Å²) < 4.78 is 0. The Balaban J connectivity index is 2.05. The molecule has 0 aromatic heterocycles. The highest BCUT2D eigenvalue weighted by Crippen LogP contribution is 2.26. The highest BCUT2D eigenvalue weighted by atomic mass is 35.5. The van der Waals surface area contributed by atoms with Gasteiger partial charge < -0.3 is 0 Å². The number of aryl methyl sites for hydroxylation is 1. The lowest BCUT2D eigenvalue weighted by Gasteiger charge is -2.05. The number of carbonyl (C=O) groups is 1. The lowest BCUT2D eigenvalue weighted by molar-refractivity contribution is 0.0983. The van der Waals surface area contributed by atoms with Gasteiger partial charge in [0.2, 0.25) is 0 Å². The van der Waals surface area contributed by atoms with E-state index in [9.17, 15) is 4.79 Å². The molecule has 0 fully saturated rings. The van der Waals surface area contributed by atoms with Crippen molar-refractivity contribution >= 4 is 40.6 Å². The number of hydrogen-bond donors (Lipinski definition) is 0. The maximum atomic E-state index is 12.1. The van der Waals surface area contributed by atoms with Crippen molar-refractivity contribution in [3.63, 3.8) is 0 Å². The smallest absolute Gasteiger partial charge is 0.164 e. The summed E-state index contributed by atoms with van der Waals surface area (Å²) in [4.78, 5) is 12.1. The van der Waals surface area contributed by atoms with Gasteiger partial charge in [-0.3, -0.25) is 4.79 Å². The van der Waals surface area contributed by atoms with Gasteiger partial charge in [-0.1, -0.05) is 53.0 Å². The first-order valence-corrected chi connectivity index (χ1v) is 6.93. The van der Waals surface area contributed by atoms with Crippen LogP contribution in [0.4, 0.5) is 0 Å². The van der Waals surface area contributed by atoms with Gasteiger partial charge in [-0.15, -0.1) is 0 Å². The Hall–Kier alpha value is -1.02. The summed E-state index contributed by atoms with van der Waals surface area (Å²) in [5.41, 5.74) is 1.54. The molecule has 0 spiro atoms. The first-order valence-electron chi connectivity index (χ1n) is 5.79. The molecule has 0 heterocycles. The van der Waals surface area contributed by atoms with E-state index in [2.05, 4.69) is 0 Å². The van der Waals surface area contributed by atoms with Gasteiger partial charge in [0, 0.05) is 17.0 Å². The molecule has 2 aromatic carbocycles. The second kappa shape index (κ2) is 6.42. The van der Waals surface area contributed by atoms with Gasteiger partial charge in [-0.2, -0.15) is 0 Å². The Morgan fingerprint density at radius 2 is 1.63 bits per heavy atom. The van der Waals surface area contributed by atoms with E-state index in [1.807, 2.05) is 24.3 Å². The lowest BCUT2D eigenvalue weighted by atomic mass is 10.0. The normalized spacial score (nSPS) is 10.5. The van der Waals surface area contributed by atoms with E-state index >= 15 is 0 Å². The molecule has 0 atom stereocenters. The highest BCUT2D eigenvalue weighted by Gasteiger charge is 2.12. The molecule has 0 aliphatic carbocycles. The van der Waals surface area contributed by atoms with Crippen LogP contribution in [-0.2, 0) is 6.42 Å². The van der Waals surface area contributed by atoms with Gasteiger partial charge in [0.25, 0.3) is 0 Å². The van der Waals surface area contributed by atoms with Gasteiger partial charge in [-0.25, -0.2) is 0 Å². The standard InChI is InChI=1S/C15H11Cl3O/c16-11-7-4-10(5-8-11)6-9-14(19)12-2-1-3-13(17)15(12)18/h1-5,7-8H,6,9H2. The van der Waals surface area contributed by atoms with Gasteiger partial charge in [-0.05, 0) is 36.2 Å². The summed E-state index contributed by atoms with van der Waals surface area (Å²) in [5, 5.41) is 1.41. The molecule has 0 aliphatic heterocycles. The van der Waals surface area contributed by atoms with Crippen molar-refractivity contribution in [1.29, 1.82) is 0 Å². The third kappa shape index (κ3) is 3.73. The van der Waals surface area contributed by atoms with Gasteiger partial charge in [0.1, 0.15) is 0 Å². The average Bonchev–Trinajstić information content (AvgIpc) is 2.41. The van der Waals surface area contributed by atoms with E-state index in [1.54, 1.807) is 18.2 Å². The van der Waals surface area contributed by atoms with E-state index in [1.165, 1.54) is 0 Å². The molecule has 19 heavy (non-hydrogen) atoms. The fourth-order valence-electron chi connectivity index (χ4n) is 1.76. The molecule has 4 heteroatoms. The Morgan fingerprint density at radius 1 is 0.947 bits per heavy atom. The minimum Gasteiger partial charge on any atom is -0.294 e. The van der Waals surface area contributed by atoms with Gasteiger partial charge in [0.05, 0.1) is 10.0 Å². The summed E-state index contributed by atoms with van der Waals surface area (Å²) in [5.74, 6) is -0.0116. The summed E-state index contributed by atoms with van der Waals surface area (Å²) in [6.45, 7) is 0. The molecule has 0 aliphatic rings. The van der Waals surface area contributed by atoms with E-state index in [0.29, 0.717) is 33.5 Å². The zero-order chi connectivity index (χ0) is 13.8. The SMILES string of the molecule is O=C(CCc1ccc(Cl)cc1)c1cccc(Cl)c1Cl. The zero-order valence-electron chi connectivity index (χ0n) is 10.00. The summed E-state index contributed by atoms with van der Waals surface area (Å²) in [6, 6.07) is 12.5. The molecule has 0 N–H and O–H groups in total. The zero-order valence-corrected chi connectivity index (χ0v) is 12.3. The number of rotatable bonds is 4. The number of carbonyl (C=O) groups excluding carboxylic acids is 1. The second-order valence-corrected chi connectivity index (χ2v) is 5.37. The molecule has 0 unspecified atom stereocenters. The molecule has 0 amide bonds. The fourth-order valence-corrected chi connectivity index (χ4v) is 2.29. The largest absolute Gasteiger partial charge is 0.294 e. The Kier molecular flexibility index (Phi) is 4.87. The van der Waals surface area contributed by atoms with Crippen LogP contribution in [0, 0.1) is 0 Å². The quantitative estimate of drug-likeness (QED) is 0.685. The molecule has 2 aromatic rings. The maximum absolute atomic E-state index is 12.1. The van der Waals surface area contributed by atoms with E-state index in [4.69, 9.17) is 34.8 Å². The van der Waals surface area contributed by atoms with E-state index < -0.39 is 0 Å². The molecular weight excluding hydrogens is 303 g/mol. The molecular formula is C15H11Cl3O. The van der Waals surface area contributed by atoms with Crippen LogP contribution in [0.15, 0.2) is 42.5 Å². The predicted molar refractivity (Wildman–Crippen MR) is 80.6 cm³/mol. The Bertz CT molecular complexity index is 591. The van der Waals surface area contributed by atoms with Crippen LogP contribution in [-0.4, -0.2) is 5.78 Å². The first-order chi connectivity index (χ1) is 9.08. The van der Waals surface area contributed by atoms with E-state index in [-0.39, 0.29) is 5.78 Å². The van der Waals surface area contributed by atoms with Crippen LogP contribution in [0.3, 0.4) is 0 Å². The van der Waals surface area contributed by atoms with Crippen molar-refractivity contribution in [2.24, 2.45) is 0 Å². The highest BCUT2D eigenvalue weighted by molar-refractivity contribution is 6.43. The van der Waals surface area contributed by atoms with Crippen molar-refractivity contribution in [3.8, 4) is 0 Å². The first kappa shape index (κ1) is 14.4. The van der Waals surface area contributed by atoms with Crippen molar-refractivity contribution in [3.05, 3.63) is 68.7 Å². The monoisotopic (exact) mass is 312 g/mol. The molecule has 0 bridgehead atoms. The minimum atomic E-state index is -0.0116. The van der Waals surface area contributed by atoms with Crippen LogP contribution < -0.4 is 0 Å². The Morgan fingerprint density at radius 3 is 2.32 bits per heavy atom. The number of hydrogen-bond acceptors (Lipinski definition) is 1. The van der Waals surface area contributed by atoms with Crippen molar-refractivity contribution in [1.82, 2.24) is 0 Å². The van der Waals surface area contributed by atoms with Crippen molar-refractivity contribution < 1.29 is 4.79 Å². The third-order valence-corrected chi connectivity index (χ3v) is 3.88. The molecule has 0 saturated heterocycles. The number of Topliss-reactive ketones (excluding diaryl/α,β-unsaturated/α-hetero) is 1. The van der Waals surface area contributed by atoms with Crippen LogP contribution in [0.1, 0.15) is 22.3 Å². The summed E-state index contributed by atoms with van der Waals surface area (Å²) >= 11 is 17.7. The van der Waals surface area contributed by atoms with Crippen LogP contribution >= 0.6 is 34.8 Å². The lowest BCUT2D eigenvalue weighted by Crippen LogP contribution is -2.02. The van der Waals surface area contributed by atoms with Crippen LogP contribution in [0.2, 0.25) is 15.1 Å². The molecule has 98 valence electrons. The van der Waals surface area contributed by atoms with Crippen LogP contribution in [0.25, 0.3) is 0 Å². The Labute approximate surface area is 127 Å². The summed E-state index contributed by atoms with van der Waals surface area (Å²) in [6.07, 6.45) is 1.04. The average molecular weight is 314 g/mol. The molecule has 1 nitrogen and oxygen atoms in total.